The standard InChI is InChI=1S/C8H2F8INO/c9-5(10)3-2(19-8(14,15)16)1-18-6(17)4(3)7(11,12)13/h1,5H. The monoisotopic (exact) mass is 407 g/mol. The van der Waals surface area contributed by atoms with Crippen LogP contribution in [0.15, 0.2) is 6.20 Å². The summed E-state index contributed by atoms with van der Waals surface area (Å²) in [6, 6.07) is 0. The van der Waals surface area contributed by atoms with Gasteiger partial charge in [-0.15, -0.1) is 13.2 Å². The molecule has 2 nitrogen and oxygen atoms in total. The third-order valence-corrected chi connectivity index (χ3v) is 2.58. The third kappa shape index (κ3) is 4.04. The average molecular weight is 407 g/mol. The van der Waals surface area contributed by atoms with Crippen LogP contribution < -0.4 is 4.74 Å². The number of aromatic nitrogens is 1. The lowest BCUT2D eigenvalue weighted by molar-refractivity contribution is -0.275. The van der Waals surface area contributed by atoms with Crippen molar-refractivity contribution in [1.29, 1.82) is 0 Å². The summed E-state index contributed by atoms with van der Waals surface area (Å²) in [6.07, 6.45) is -14.3. The molecular formula is C8H2F8INO. The molecule has 0 saturated carbocycles. The summed E-state index contributed by atoms with van der Waals surface area (Å²) in [7, 11) is 0. The Labute approximate surface area is 113 Å². The summed E-state index contributed by atoms with van der Waals surface area (Å²) in [5, 5.41) is 0. The van der Waals surface area contributed by atoms with Gasteiger partial charge in [0, 0.05) is 0 Å². The number of hydrogen-bond acceptors (Lipinski definition) is 2. The smallest absolute Gasteiger partial charge is 0.404 e. The molecule has 1 heterocycles. The zero-order chi connectivity index (χ0) is 15.0. The van der Waals surface area contributed by atoms with Gasteiger partial charge in [-0.1, -0.05) is 0 Å². The van der Waals surface area contributed by atoms with Gasteiger partial charge in [0.05, 0.1) is 11.8 Å². The van der Waals surface area contributed by atoms with Gasteiger partial charge in [-0.2, -0.15) is 13.2 Å². The SMILES string of the molecule is FC(F)c1c(OC(F)(F)F)cnc(I)c1C(F)(F)F. The zero-order valence-electron chi connectivity index (χ0n) is 8.41. The van der Waals surface area contributed by atoms with E-state index in [-0.39, 0.29) is 6.20 Å². The predicted octanol–water partition coefficient (Wildman–Crippen LogP) is 4.54. The van der Waals surface area contributed by atoms with Crippen LogP contribution in [0.4, 0.5) is 35.1 Å². The van der Waals surface area contributed by atoms with Crippen LogP contribution >= 0.6 is 22.6 Å². The summed E-state index contributed by atoms with van der Waals surface area (Å²) in [6.45, 7) is 0. The molecule has 0 unspecified atom stereocenters. The predicted molar refractivity (Wildman–Crippen MR) is 53.6 cm³/mol. The van der Waals surface area contributed by atoms with Gasteiger partial charge < -0.3 is 4.74 Å². The Balaban J connectivity index is 3.51. The lowest BCUT2D eigenvalue weighted by Crippen LogP contribution is -2.21. The number of rotatable bonds is 2. The second kappa shape index (κ2) is 5.25. The van der Waals surface area contributed by atoms with E-state index in [9.17, 15) is 35.1 Å². The van der Waals surface area contributed by atoms with E-state index < -0.39 is 39.5 Å². The van der Waals surface area contributed by atoms with Crippen LogP contribution in [0.1, 0.15) is 17.6 Å². The quantitative estimate of drug-likeness (QED) is 0.408. The molecule has 0 saturated heterocycles. The van der Waals surface area contributed by atoms with Gasteiger partial charge in [-0.25, -0.2) is 13.8 Å². The van der Waals surface area contributed by atoms with E-state index in [0.29, 0.717) is 0 Å². The van der Waals surface area contributed by atoms with Crippen molar-refractivity contribution >= 4 is 22.6 Å². The van der Waals surface area contributed by atoms with Crippen molar-refractivity contribution in [3.05, 3.63) is 21.0 Å². The van der Waals surface area contributed by atoms with Crippen LogP contribution in [0, 0.1) is 3.70 Å². The van der Waals surface area contributed by atoms with Gasteiger partial charge >= 0.3 is 12.5 Å². The Hall–Kier alpha value is -0.880. The Kier molecular flexibility index (Phi) is 4.47. The molecule has 0 amide bonds. The van der Waals surface area contributed by atoms with E-state index in [1.807, 2.05) is 0 Å². The second-order valence-corrected chi connectivity index (χ2v) is 4.07. The first-order valence-electron chi connectivity index (χ1n) is 4.23. The van der Waals surface area contributed by atoms with Crippen LogP contribution in [0.5, 0.6) is 5.75 Å². The van der Waals surface area contributed by atoms with Crippen LogP contribution in [-0.4, -0.2) is 11.3 Å². The molecule has 11 heteroatoms. The minimum absolute atomic E-state index is 0.173. The van der Waals surface area contributed by atoms with Crippen molar-refractivity contribution in [2.45, 2.75) is 19.0 Å². The van der Waals surface area contributed by atoms with Crippen molar-refractivity contribution in [2.75, 3.05) is 0 Å². The maximum atomic E-state index is 12.6. The fourth-order valence-corrected chi connectivity index (χ4v) is 1.91. The number of ether oxygens (including phenoxy) is 1. The minimum atomic E-state index is -5.40. The van der Waals surface area contributed by atoms with Crippen LogP contribution in [0.3, 0.4) is 0 Å². The molecule has 0 aliphatic rings. The molecule has 0 aromatic carbocycles. The summed E-state index contributed by atoms with van der Waals surface area (Å²) in [5.74, 6) is -1.67. The molecule has 0 spiro atoms. The molecule has 108 valence electrons. The summed E-state index contributed by atoms with van der Waals surface area (Å²) in [5.41, 5.74) is -3.82. The van der Waals surface area contributed by atoms with E-state index in [0.717, 1.165) is 22.6 Å². The lowest BCUT2D eigenvalue weighted by Gasteiger charge is -2.18. The highest BCUT2D eigenvalue weighted by molar-refractivity contribution is 14.1. The zero-order valence-corrected chi connectivity index (χ0v) is 10.6. The fraction of sp³-hybridized carbons (Fsp3) is 0.375. The number of halogens is 9. The Morgan fingerprint density at radius 2 is 1.63 bits per heavy atom. The molecule has 0 radical (unpaired) electrons. The van der Waals surface area contributed by atoms with Crippen molar-refractivity contribution < 1.29 is 39.9 Å². The summed E-state index contributed by atoms with van der Waals surface area (Å²) < 4.78 is 101. The highest BCUT2D eigenvalue weighted by atomic mass is 127. The fourth-order valence-electron chi connectivity index (χ4n) is 1.18. The molecule has 0 N–H and O–H groups in total. The van der Waals surface area contributed by atoms with Crippen molar-refractivity contribution in [3.63, 3.8) is 0 Å². The van der Waals surface area contributed by atoms with Gasteiger partial charge in [0.15, 0.2) is 5.75 Å². The largest absolute Gasteiger partial charge is 0.573 e. The molecular weight excluding hydrogens is 405 g/mol. The van der Waals surface area contributed by atoms with Gasteiger partial charge in [-0.05, 0) is 22.6 Å². The number of hydrogen-bond donors (Lipinski definition) is 0. The number of alkyl halides is 8. The van der Waals surface area contributed by atoms with Crippen molar-refractivity contribution in [3.8, 4) is 5.75 Å². The van der Waals surface area contributed by atoms with Gasteiger partial charge in [-0.3, -0.25) is 0 Å². The maximum absolute atomic E-state index is 12.6. The van der Waals surface area contributed by atoms with Gasteiger partial charge in [0.1, 0.15) is 9.26 Å². The molecule has 19 heavy (non-hydrogen) atoms. The molecule has 1 aromatic heterocycles. The Bertz CT molecular complexity index is 469. The Morgan fingerprint density at radius 1 is 1.11 bits per heavy atom. The molecule has 0 atom stereocenters. The minimum Gasteiger partial charge on any atom is -0.404 e. The molecule has 0 fully saturated rings. The van der Waals surface area contributed by atoms with Gasteiger partial charge in [0.2, 0.25) is 0 Å². The normalized spacial score (nSPS) is 12.9. The van der Waals surface area contributed by atoms with E-state index in [1.54, 1.807) is 0 Å². The van der Waals surface area contributed by atoms with Crippen LogP contribution in [-0.2, 0) is 6.18 Å². The Morgan fingerprint density at radius 3 is 2.00 bits per heavy atom. The number of nitrogens with zero attached hydrogens (tertiary/aromatic N) is 1. The number of pyridine rings is 1. The summed E-state index contributed by atoms with van der Waals surface area (Å²) >= 11 is 0.997. The molecule has 1 aromatic rings. The van der Waals surface area contributed by atoms with Crippen LogP contribution in [0.25, 0.3) is 0 Å². The van der Waals surface area contributed by atoms with E-state index in [4.69, 9.17) is 0 Å². The van der Waals surface area contributed by atoms with Gasteiger partial charge in [0.25, 0.3) is 6.43 Å². The average Bonchev–Trinajstić information content (AvgIpc) is 2.15. The molecule has 0 aliphatic carbocycles. The highest BCUT2D eigenvalue weighted by Crippen LogP contribution is 2.43. The molecule has 1 rings (SSSR count). The first kappa shape index (κ1) is 16.2. The van der Waals surface area contributed by atoms with Crippen molar-refractivity contribution in [2.24, 2.45) is 0 Å². The summed E-state index contributed by atoms with van der Waals surface area (Å²) in [4.78, 5) is 2.98. The lowest BCUT2D eigenvalue weighted by atomic mass is 10.1. The highest BCUT2D eigenvalue weighted by Gasteiger charge is 2.43. The molecule has 0 aliphatic heterocycles. The third-order valence-electron chi connectivity index (χ3n) is 1.76. The topological polar surface area (TPSA) is 22.1 Å². The molecule has 0 bridgehead atoms. The van der Waals surface area contributed by atoms with E-state index in [2.05, 4.69) is 9.72 Å². The van der Waals surface area contributed by atoms with E-state index >= 15 is 0 Å². The first-order valence-corrected chi connectivity index (χ1v) is 5.31. The van der Waals surface area contributed by atoms with E-state index in [1.165, 1.54) is 0 Å². The van der Waals surface area contributed by atoms with Crippen molar-refractivity contribution in [1.82, 2.24) is 4.98 Å². The van der Waals surface area contributed by atoms with Crippen LogP contribution in [0.2, 0.25) is 0 Å². The maximum Gasteiger partial charge on any atom is 0.573 e. The first-order chi connectivity index (χ1) is 8.43. The second-order valence-electron chi connectivity index (χ2n) is 3.05.